The van der Waals surface area contributed by atoms with Gasteiger partial charge in [-0.2, -0.15) is 0 Å². The van der Waals surface area contributed by atoms with Gasteiger partial charge >= 0.3 is 0 Å². The molecular formula is C6H9N. The van der Waals surface area contributed by atoms with Gasteiger partial charge in [-0.3, -0.25) is 0 Å². The molecule has 0 unspecified atom stereocenters. The summed E-state index contributed by atoms with van der Waals surface area (Å²) in [6.07, 6.45) is 4.13. The SMILES string of the molecule is C=C1C=CCN1C. The largest absolute Gasteiger partial charge is 0.371 e. The summed E-state index contributed by atoms with van der Waals surface area (Å²) in [4.78, 5) is 2.10. The molecule has 1 heterocycles. The smallest absolute Gasteiger partial charge is 0.0359 e. The Bertz CT molecular complexity index is 113. The lowest BCUT2D eigenvalue weighted by molar-refractivity contribution is 0.502. The van der Waals surface area contributed by atoms with E-state index in [0.29, 0.717) is 0 Å². The molecular weight excluding hydrogens is 86.1 g/mol. The van der Waals surface area contributed by atoms with E-state index in [1.165, 1.54) is 0 Å². The van der Waals surface area contributed by atoms with Crippen LogP contribution < -0.4 is 0 Å². The third kappa shape index (κ3) is 0.660. The molecule has 0 atom stereocenters. The van der Waals surface area contributed by atoms with Gasteiger partial charge in [-0.25, -0.2) is 0 Å². The van der Waals surface area contributed by atoms with Gasteiger partial charge in [0.1, 0.15) is 0 Å². The van der Waals surface area contributed by atoms with Crippen LogP contribution in [0.3, 0.4) is 0 Å². The van der Waals surface area contributed by atoms with E-state index in [0.717, 1.165) is 12.2 Å². The second kappa shape index (κ2) is 1.41. The van der Waals surface area contributed by atoms with Crippen LogP contribution in [0.15, 0.2) is 24.4 Å². The molecule has 0 saturated heterocycles. The number of hydrogen-bond donors (Lipinski definition) is 0. The van der Waals surface area contributed by atoms with Gasteiger partial charge in [0.25, 0.3) is 0 Å². The Hall–Kier alpha value is -0.720. The van der Waals surface area contributed by atoms with E-state index >= 15 is 0 Å². The summed E-state index contributed by atoms with van der Waals surface area (Å²) in [5, 5.41) is 0. The Morgan fingerprint density at radius 2 is 2.57 bits per heavy atom. The highest BCUT2D eigenvalue weighted by molar-refractivity contribution is 5.19. The highest BCUT2D eigenvalue weighted by Crippen LogP contribution is 2.05. The van der Waals surface area contributed by atoms with E-state index in [-0.39, 0.29) is 0 Å². The van der Waals surface area contributed by atoms with Gasteiger partial charge in [0.15, 0.2) is 0 Å². The van der Waals surface area contributed by atoms with Crippen LogP contribution in [0.5, 0.6) is 0 Å². The fraction of sp³-hybridized carbons (Fsp3) is 0.333. The van der Waals surface area contributed by atoms with Crippen LogP contribution in [0, 0.1) is 0 Å². The fourth-order valence-electron chi connectivity index (χ4n) is 0.591. The van der Waals surface area contributed by atoms with Gasteiger partial charge in [-0.1, -0.05) is 12.7 Å². The maximum atomic E-state index is 3.77. The zero-order chi connectivity index (χ0) is 5.28. The molecule has 0 N–H and O–H groups in total. The minimum absolute atomic E-state index is 1.03. The molecule has 1 rings (SSSR count). The summed E-state index contributed by atoms with van der Waals surface area (Å²) >= 11 is 0. The zero-order valence-corrected chi connectivity index (χ0v) is 4.52. The van der Waals surface area contributed by atoms with Gasteiger partial charge in [-0.05, 0) is 6.08 Å². The average molecular weight is 95.1 g/mol. The second-order valence-corrected chi connectivity index (χ2v) is 1.77. The topological polar surface area (TPSA) is 3.24 Å². The van der Waals surface area contributed by atoms with Crippen molar-refractivity contribution < 1.29 is 0 Å². The van der Waals surface area contributed by atoms with Gasteiger partial charge in [0.05, 0.1) is 0 Å². The number of nitrogens with zero attached hydrogens (tertiary/aromatic N) is 1. The first-order valence-corrected chi connectivity index (χ1v) is 2.37. The third-order valence-electron chi connectivity index (χ3n) is 1.18. The number of allylic oxidation sites excluding steroid dienone is 1. The molecule has 0 aromatic carbocycles. The first kappa shape index (κ1) is 4.44. The van der Waals surface area contributed by atoms with Gasteiger partial charge in [0.2, 0.25) is 0 Å². The van der Waals surface area contributed by atoms with Crippen molar-refractivity contribution in [2.24, 2.45) is 0 Å². The van der Waals surface area contributed by atoms with E-state index in [2.05, 4.69) is 17.6 Å². The predicted molar refractivity (Wildman–Crippen MR) is 30.9 cm³/mol. The zero-order valence-electron chi connectivity index (χ0n) is 4.52. The summed E-state index contributed by atoms with van der Waals surface area (Å²) < 4.78 is 0. The quantitative estimate of drug-likeness (QED) is 0.434. The summed E-state index contributed by atoms with van der Waals surface area (Å²) in [5.41, 5.74) is 1.11. The van der Waals surface area contributed by atoms with E-state index in [4.69, 9.17) is 0 Å². The molecule has 7 heavy (non-hydrogen) atoms. The highest BCUT2D eigenvalue weighted by Gasteiger charge is 1.99. The maximum Gasteiger partial charge on any atom is 0.0359 e. The van der Waals surface area contributed by atoms with Gasteiger partial charge in [-0.15, -0.1) is 0 Å². The predicted octanol–water partition coefficient (Wildman–Crippen LogP) is 1.00. The van der Waals surface area contributed by atoms with Crippen molar-refractivity contribution in [1.82, 2.24) is 4.90 Å². The van der Waals surface area contributed by atoms with Crippen molar-refractivity contribution >= 4 is 0 Å². The van der Waals surface area contributed by atoms with Crippen LogP contribution in [0.4, 0.5) is 0 Å². The number of hydrogen-bond acceptors (Lipinski definition) is 1. The molecule has 0 radical (unpaired) electrons. The molecule has 1 aliphatic heterocycles. The maximum absolute atomic E-state index is 3.77. The molecule has 0 aromatic heterocycles. The normalized spacial score (nSPS) is 19.0. The summed E-state index contributed by atoms with van der Waals surface area (Å²) in [6, 6.07) is 0. The Morgan fingerprint density at radius 1 is 1.86 bits per heavy atom. The second-order valence-electron chi connectivity index (χ2n) is 1.77. The minimum atomic E-state index is 1.03. The molecule has 0 bridgehead atoms. The van der Waals surface area contributed by atoms with Crippen molar-refractivity contribution in [3.8, 4) is 0 Å². The number of likely N-dealkylation sites (N-methyl/N-ethyl adjacent to an activating group) is 1. The van der Waals surface area contributed by atoms with Crippen LogP contribution in [0.1, 0.15) is 0 Å². The van der Waals surface area contributed by atoms with E-state index in [9.17, 15) is 0 Å². The fourth-order valence-corrected chi connectivity index (χ4v) is 0.591. The molecule has 1 nitrogen and oxygen atoms in total. The van der Waals surface area contributed by atoms with Crippen LogP contribution in [0.2, 0.25) is 0 Å². The highest BCUT2D eigenvalue weighted by atomic mass is 15.1. The van der Waals surface area contributed by atoms with Gasteiger partial charge < -0.3 is 4.90 Å². The summed E-state index contributed by atoms with van der Waals surface area (Å²) in [7, 11) is 2.03. The van der Waals surface area contributed by atoms with Crippen molar-refractivity contribution in [1.29, 1.82) is 0 Å². The molecule has 0 aromatic rings. The Morgan fingerprint density at radius 3 is 2.71 bits per heavy atom. The first-order chi connectivity index (χ1) is 3.30. The Kier molecular flexibility index (Phi) is 0.895. The molecule has 38 valence electrons. The number of rotatable bonds is 0. The minimum Gasteiger partial charge on any atom is -0.371 e. The first-order valence-electron chi connectivity index (χ1n) is 2.37. The van der Waals surface area contributed by atoms with E-state index < -0.39 is 0 Å². The molecule has 0 amide bonds. The van der Waals surface area contributed by atoms with Crippen LogP contribution in [-0.4, -0.2) is 18.5 Å². The lowest BCUT2D eigenvalue weighted by atomic mass is 10.5. The van der Waals surface area contributed by atoms with E-state index in [1.807, 2.05) is 13.1 Å². The average Bonchev–Trinajstić information content (AvgIpc) is 1.91. The van der Waals surface area contributed by atoms with Crippen LogP contribution in [-0.2, 0) is 0 Å². The third-order valence-corrected chi connectivity index (χ3v) is 1.18. The molecule has 0 aliphatic carbocycles. The van der Waals surface area contributed by atoms with Crippen molar-refractivity contribution in [3.63, 3.8) is 0 Å². The lowest BCUT2D eigenvalue weighted by Gasteiger charge is -2.09. The molecule has 0 spiro atoms. The van der Waals surface area contributed by atoms with E-state index in [1.54, 1.807) is 0 Å². The standard InChI is InChI=1S/C6H9N/c1-6-4-3-5-7(6)2/h3-4H,1,5H2,2H3. The van der Waals surface area contributed by atoms with Crippen molar-refractivity contribution in [3.05, 3.63) is 24.4 Å². The van der Waals surface area contributed by atoms with Crippen LogP contribution >= 0.6 is 0 Å². The summed E-state index contributed by atoms with van der Waals surface area (Å²) in [5.74, 6) is 0. The van der Waals surface area contributed by atoms with Crippen molar-refractivity contribution in [2.75, 3.05) is 13.6 Å². The Balaban J connectivity index is 2.62. The molecule has 1 aliphatic rings. The summed E-state index contributed by atoms with van der Waals surface area (Å²) in [6.45, 7) is 4.80. The Labute approximate surface area is 43.9 Å². The molecule has 1 heteroatoms. The van der Waals surface area contributed by atoms with Gasteiger partial charge in [0, 0.05) is 19.3 Å². The lowest BCUT2D eigenvalue weighted by Crippen LogP contribution is -2.09. The van der Waals surface area contributed by atoms with Crippen LogP contribution in [0.25, 0.3) is 0 Å². The molecule has 0 saturated carbocycles. The monoisotopic (exact) mass is 95.1 g/mol. The van der Waals surface area contributed by atoms with Crippen molar-refractivity contribution in [2.45, 2.75) is 0 Å². The molecule has 0 fully saturated rings.